The van der Waals surface area contributed by atoms with Crippen LogP contribution >= 0.6 is 46.4 Å². The molecule has 1 heterocycles. The predicted octanol–water partition coefficient (Wildman–Crippen LogP) is 4.74. The monoisotopic (exact) mass is 352 g/mol. The average molecular weight is 354 g/mol. The molecule has 1 aromatic carbocycles. The van der Waals surface area contributed by atoms with Crippen LogP contribution < -0.4 is 5.32 Å². The molecule has 0 radical (unpaired) electrons. The van der Waals surface area contributed by atoms with Gasteiger partial charge in [-0.3, -0.25) is 10.1 Å². The minimum Gasteiger partial charge on any atom is -0.333 e. The zero-order valence-corrected chi connectivity index (χ0v) is 12.4. The fourth-order valence-electron chi connectivity index (χ4n) is 1.33. The van der Waals surface area contributed by atoms with Crippen molar-refractivity contribution < 1.29 is 4.92 Å². The lowest BCUT2D eigenvalue weighted by Crippen LogP contribution is -2.01. The standard InChI is InChI=1S/C10H4Cl4N4O2/c11-4-1-6(13)7(2-5(4)12)16-9-8(18(19)20)3-15-10(14)17-9/h1-3H,(H,15,16,17). The van der Waals surface area contributed by atoms with Gasteiger partial charge in [0.1, 0.15) is 6.20 Å². The van der Waals surface area contributed by atoms with Crippen molar-refractivity contribution in [2.24, 2.45) is 0 Å². The van der Waals surface area contributed by atoms with Crippen LogP contribution in [0.25, 0.3) is 0 Å². The molecule has 0 saturated heterocycles. The van der Waals surface area contributed by atoms with Crippen molar-refractivity contribution in [2.75, 3.05) is 5.32 Å². The van der Waals surface area contributed by atoms with Gasteiger partial charge in [-0.15, -0.1) is 0 Å². The molecule has 2 rings (SSSR count). The molecule has 0 spiro atoms. The van der Waals surface area contributed by atoms with E-state index >= 15 is 0 Å². The number of aromatic nitrogens is 2. The van der Waals surface area contributed by atoms with Gasteiger partial charge in [-0.05, 0) is 23.7 Å². The third-order valence-corrected chi connectivity index (χ3v) is 3.42. The molecule has 0 amide bonds. The van der Waals surface area contributed by atoms with E-state index in [-0.39, 0.29) is 31.9 Å². The molecule has 0 aliphatic heterocycles. The molecule has 1 N–H and O–H groups in total. The Bertz CT molecular complexity index is 695. The zero-order chi connectivity index (χ0) is 14.9. The molecule has 0 unspecified atom stereocenters. The molecular formula is C10H4Cl4N4O2. The third kappa shape index (κ3) is 3.21. The second-order valence-electron chi connectivity index (χ2n) is 3.50. The van der Waals surface area contributed by atoms with Gasteiger partial charge in [0.05, 0.1) is 25.7 Å². The molecule has 10 heteroatoms. The fraction of sp³-hybridized carbons (Fsp3) is 0. The summed E-state index contributed by atoms with van der Waals surface area (Å²) < 4.78 is 0. The SMILES string of the molecule is O=[N+]([O-])c1cnc(Cl)nc1Nc1cc(Cl)c(Cl)cc1Cl. The molecule has 2 aromatic rings. The summed E-state index contributed by atoms with van der Waals surface area (Å²) in [5.74, 6) is -0.102. The molecule has 20 heavy (non-hydrogen) atoms. The second-order valence-corrected chi connectivity index (χ2v) is 5.06. The van der Waals surface area contributed by atoms with E-state index in [9.17, 15) is 10.1 Å². The summed E-state index contributed by atoms with van der Waals surface area (Å²) in [4.78, 5) is 17.5. The van der Waals surface area contributed by atoms with Crippen LogP contribution in [0.1, 0.15) is 0 Å². The first kappa shape index (κ1) is 15.1. The number of benzene rings is 1. The summed E-state index contributed by atoms with van der Waals surface area (Å²) >= 11 is 23.2. The molecule has 0 fully saturated rings. The summed E-state index contributed by atoms with van der Waals surface area (Å²) in [5, 5.41) is 14.2. The van der Waals surface area contributed by atoms with E-state index in [0.717, 1.165) is 6.20 Å². The van der Waals surface area contributed by atoms with Crippen molar-refractivity contribution in [3.05, 3.63) is 48.8 Å². The second kappa shape index (κ2) is 5.97. The molecule has 0 aliphatic carbocycles. The normalized spacial score (nSPS) is 10.4. The highest BCUT2D eigenvalue weighted by molar-refractivity contribution is 6.44. The maximum Gasteiger partial charge on any atom is 0.329 e. The van der Waals surface area contributed by atoms with E-state index in [0.29, 0.717) is 5.69 Å². The Hall–Kier alpha value is -1.34. The highest BCUT2D eigenvalue weighted by Gasteiger charge is 2.18. The van der Waals surface area contributed by atoms with Gasteiger partial charge in [0.15, 0.2) is 0 Å². The Morgan fingerprint density at radius 2 is 1.75 bits per heavy atom. The number of rotatable bonds is 3. The van der Waals surface area contributed by atoms with Crippen LogP contribution in [0, 0.1) is 10.1 Å². The summed E-state index contributed by atoms with van der Waals surface area (Å²) in [6.07, 6.45) is 0.989. The summed E-state index contributed by atoms with van der Waals surface area (Å²) in [6, 6.07) is 2.83. The number of nitrogens with one attached hydrogen (secondary N) is 1. The van der Waals surface area contributed by atoms with Crippen molar-refractivity contribution in [1.29, 1.82) is 0 Å². The maximum absolute atomic E-state index is 10.9. The smallest absolute Gasteiger partial charge is 0.329 e. The zero-order valence-electron chi connectivity index (χ0n) is 9.40. The van der Waals surface area contributed by atoms with Crippen LogP contribution in [-0.2, 0) is 0 Å². The quantitative estimate of drug-likeness (QED) is 0.373. The Labute approximate surface area is 132 Å². The van der Waals surface area contributed by atoms with Crippen LogP contribution in [0.15, 0.2) is 18.3 Å². The lowest BCUT2D eigenvalue weighted by molar-refractivity contribution is -0.384. The number of halogens is 4. The molecule has 0 saturated carbocycles. The Kier molecular flexibility index (Phi) is 4.49. The van der Waals surface area contributed by atoms with Gasteiger partial charge in [-0.25, -0.2) is 4.98 Å². The Balaban J connectivity index is 2.47. The van der Waals surface area contributed by atoms with Crippen molar-refractivity contribution in [1.82, 2.24) is 9.97 Å². The van der Waals surface area contributed by atoms with Crippen LogP contribution in [0.4, 0.5) is 17.2 Å². The third-order valence-electron chi connectivity index (χ3n) is 2.20. The first-order valence-electron chi connectivity index (χ1n) is 4.97. The van der Waals surface area contributed by atoms with Crippen molar-refractivity contribution in [3.8, 4) is 0 Å². The summed E-state index contributed by atoms with van der Waals surface area (Å²) in [7, 11) is 0. The molecule has 0 aliphatic rings. The lowest BCUT2D eigenvalue weighted by atomic mass is 10.3. The minimum absolute atomic E-state index is 0.102. The summed E-state index contributed by atoms with van der Waals surface area (Å²) in [6.45, 7) is 0. The van der Waals surface area contributed by atoms with E-state index in [1.165, 1.54) is 12.1 Å². The Morgan fingerprint density at radius 3 is 2.40 bits per heavy atom. The molecule has 0 atom stereocenters. The number of hydrogen-bond acceptors (Lipinski definition) is 5. The van der Waals surface area contributed by atoms with Gasteiger partial charge in [-0.2, -0.15) is 4.98 Å². The van der Waals surface area contributed by atoms with Gasteiger partial charge in [0.25, 0.3) is 0 Å². The minimum atomic E-state index is -0.649. The van der Waals surface area contributed by atoms with E-state index in [2.05, 4.69) is 15.3 Å². The van der Waals surface area contributed by atoms with Crippen LogP contribution in [-0.4, -0.2) is 14.9 Å². The van der Waals surface area contributed by atoms with Gasteiger partial charge in [0, 0.05) is 0 Å². The Morgan fingerprint density at radius 1 is 1.10 bits per heavy atom. The highest BCUT2D eigenvalue weighted by atomic mass is 35.5. The van der Waals surface area contributed by atoms with Crippen molar-refractivity contribution >= 4 is 63.6 Å². The van der Waals surface area contributed by atoms with Gasteiger partial charge in [-0.1, -0.05) is 34.8 Å². The number of anilines is 2. The lowest BCUT2D eigenvalue weighted by Gasteiger charge is -2.09. The number of nitro groups is 1. The van der Waals surface area contributed by atoms with Crippen LogP contribution in [0.5, 0.6) is 0 Å². The fourth-order valence-corrected chi connectivity index (χ4v) is 2.05. The average Bonchev–Trinajstić information content (AvgIpc) is 2.35. The molecule has 0 bridgehead atoms. The first-order valence-corrected chi connectivity index (χ1v) is 6.48. The number of nitrogens with zero attached hydrogens (tertiary/aromatic N) is 3. The van der Waals surface area contributed by atoms with E-state index in [1.807, 2.05) is 0 Å². The van der Waals surface area contributed by atoms with Crippen LogP contribution in [0.3, 0.4) is 0 Å². The topological polar surface area (TPSA) is 81.0 Å². The first-order chi connectivity index (χ1) is 9.38. The van der Waals surface area contributed by atoms with E-state index in [4.69, 9.17) is 46.4 Å². The van der Waals surface area contributed by atoms with Crippen LogP contribution in [0.2, 0.25) is 20.4 Å². The largest absolute Gasteiger partial charge is 0.333 e. The number of hydrogen-bond donors (Lipinski definition) is 1. The van der Waals surface area contributed by atoms with E-state index in [1.54, 1.807) is 0 Å². The maximum atomic E-state index is 10.9. The summed E-state index contributed by atoms with van der Waals surface area (Å²) in [5.41, 5.74) is -0.0459. The predicted molar refractivity (Wildman–Crippen MR) is 78.5 cm³/mol. The van der Waals surface area contributed by atoms with Gasteiger partial charge >= 0.3 is 5.69 Å². The highest BCUT2D eigenvalue weighted by Crippen LogP contribution is 2.35. The molecule has 104 valence electrons. The van der Waals surface area contributed by atoms with Gasteiger partial charge in [0.2, 0.25) is 11.1 Å². The molecular weight excluding hydrogens is 350 g/mol. The van der Waals surface area contributed by atoms with Gasteiger partial charge < -0.3 is 5.32 Å². The van der Waals surface area contributed by atoms with Crippen molar-refractivity contribution in [3.63, 3.8) is 0 Å². The van der Waals surface area contributed by atoms with E-state index < -0.39 is 4.92 Å². The molecule has 6 nitrogen and oxygen atoms in total. The van der Waals surface area contributed by atoms with Crippen molar-refractivity contribution in [2.45, 2.75) is 0 Å². The molecule has 1 aromatic heterocycles.